The summed E-state index contributed by atoms with van der Waals surface area (Å²) in [6.45, 7) is 0.817. The Bertz CT molecular complexity index is 460. The van der Waals surface area contributed by atoms with Gasteiger partial charge in [0, 0.05) is 38.5 Å². The van der Waals surface area contributed by atoms with Gasteiger partial charge in [0.1, 0.15) is 15.0 Å². The number of imidazole rings is 1. The molecule has 2 rings (SSSR count). The first-order chi connectivity index (χ1) is 7.16. The first kappa shape index (κ1) is 10.9. The third-order valence-corrected chi connectivity index (χ3v) is 3.20. The van der Waals surface area contributed by atoms with Crippen molar-refractivity contribution in [1.82, 2.24) is 19.3 Å². The number of aryl methyl sites for hydroxylation is 3. The van der Waals surface area contributed by atoms with Gasteiger partial charge in [0.05, 0.1) is 0 Å². The molecule has 2 heterocycles. The Morgan fingerprint density at radius 3 is 2.73 bits per heavy atom. The molecule has 80 valence electrons. The fourth-order valence-corrected chi connectivity index (χ4v) is 2.55. The molecule has 0 bridgehead atoms. The lowest BCUT2D eigenvalue weighted by molar-refractivity contribution is 0.577. The van der Waals surface area contributed by atoms with E-state index in [0.717, 1.165) is 28.0 Å². The third-order valence-electron chi connectivity index (χ3n) is 2.17. The Balaban J connectivity index is 2.05. The van der Waals surface area contributed by atoms with Crippen molar-refractivity contribution in [3.63, 3.8) is 0 Å². The van der Waals surface area contributed by atoms with Gasteiger partial charge in [-0.15, -0.1) is 0 Å². The summed E-state index contributed by atoms with van der Waals surface area (Å²) in [5.74, 6) is 1.06. The summed E-state index contributed by atoms with van der Waals surface area (Å²) in [6.07, 6.45) is 4.63. The summed E-state index contributed by atoms with van der Waals surface area (Å²) in [7, 11) is 2.00. The second-order valence-corrected chi connectivity index (χ2v) is 4.84. The van der Waals surface area contributed by atoms with Crippen molar-refractivity contribution in [2.75, 3.05) is 0 Å². The Labute approximate surface area is 105 Å². The number of hydrogen-bond donors (Lipinski definition) is 0. The van der Waals surface area contributed by atoms with Gasteiger partial charge in [0.2, 0.25) is 0 Å². The quantitative estimate of drug-likeness (QED) is 0.864. The standard InChI is InChI=1S/C9H10Br2N4/c1-14-5-3-12-9(14)2-4-15-8(11)6-7(10)13-15/h3,5-6H,2,4H2,1H3. The molecule has 0 fully saturated rings. The lowest BCUT2D eigenvalue weighted by atomic mass is 10.4. The highest BCUT2D eigenvalue weighted by Crippen LogP contribution is 2.16. The molecule has 0 N–H and O–H groups in total. The molecule has 0 aliphatic rings. The molecule has 0 aliphatic carbocycles. The summed E-state index contributed by atoms with van der Waals surface area (Å²) >= 11 is 6.78. The van der Waals surface area contributed by atoms with Crippen LogP contribution < -0.4 is 0 Å². The van der Waals surface area contributed by atoms with E-state index in [-0.39, 0.29) is 0 Å². The van der Waals surface area contributed by atoms with Crippen LogP contribution in [-0.4, -0.2) is 19.3 Å². The van der Waals surface area contributed by atoms with Gasteiger partial charge in [0.25, 0.3) is 0 Å². The average molecular weight is 334 g/mol. The molecule has 0 aromatic carbocycles. The molecule has 0 unspecified atom stereocenters. The molecule has 4 nitrogen and oxygen atoms in total. The minimum absolute atomic E-state index is 0.817. The maximum absolute atomic E-state index is 4.29. The second-order valence-electron chi connectivity index (χ2n) is 3.22. The van der Waals surface area contributed by atoms with E-state index in [2.05, 4.69) is 41.9 Å². The normalized spacial score (nSPS) is 10.9. The van der Waals surface area contributed by atoms with Crippen molar-refractivity contribution in [3.8, 4) is 0 Å². The summed E-state index contributed by atoms with van der Waals surface area (Å²) in [6, 6.07) is 1.93. The topological polar surface area (TPSA) is 35.6 Å². The van der Waals surface area contributed by atoms with Gasteiger partial charge in [-0.05, 0) is 31.9 Å². The van der Waals surface area contributed by atoms with Gasteiger partial charge in [-0.3, -0.25) is 4.68 Å². The average Bonchev–Trinajstić information content (AvgIpc) is 2.70. The number of hydrogen-bond acceptors (Lipinski definition) is 2. The Hall–Kier alpha value is -0.620. The van der Waals surface area contributed by atoms with E-state index in [4.69, 9.17) is 0 Å². The minimum Gasteiger partial charge on any atom is -0.338 e. The number of nitrogens with zero attached hydrogens (tertiary/aromatic N) is 4. The van der Waals surface area contributed by atoms with E-state index in [1.165, 1.54) is 0 Å². The van der Waals surface area contributed by atoms with E-state index >= 15 is 0 Å². The SMILES string of the molecule is Cn1ccnc1CCn1nc(Br)cc1Br. The highest BCUT2D eigenvalue weighted by atomic mass is 79.9. The summed E-state index contributed by atoms with van der Waals surface area (Å²) in [4.78, 5) is 4.26. The lowest BCUT2D eigenvalue weighted by Crippen LogP contribution is -2.07. The van der Waals surface area contributed by atoms with Crippen LogP contribution in [-0.2, 0) is 20.0 Å². The molecule has 0 aliphatic heterocycles. The lowest BCUT2D eigenvalue weighted by Gasteiger charge is -2.03. The van der Waals surface area contributed by atoms with Crippen molar-refractivity contribution in [3.05, 3.63) is 33.5 Å². The zero-order chi connectivity index (χ0) is 10.8. The van der Waals surface area contributed by atoms with Crippen LogP contribution >= 0.6 is 31.9 Å². The van der Waals surface area contributed by atoms with Crippen molar-refractivity contribution in [2.24, 2.45) is 7.05 Å². The molecule has 0 saturated heterocycles. The molecule has 0 atom stereocenters. The monoisotopic (exact) mass is 332 g/mol. The van der Waals surface area contributed by atoms with Gasteiger partial charge < -0.3 is 4.57 Å². The minimum atomic E-state index is 0.817. The summed E-state index contributed by atoms with van der Waals surface area (Å²) in [5, 5.41) is 4.29. The van der Waals surface area contributed by atoms with Crippen LogP contribution in [0.2, 0.25) is 0 Å². The van der Waals surface area contributed by atoms with E-state index in [0.29, 0.717) is 0 Å². The predicted octanol–water partition coefficient (Wildman–Crippen LogP) is 2.38. The van der Waals surface area contributed by atoms with Crippen LogP contribution in [0.25, 0.3) is 0 Å². The highest BCUT2D eigenvalue weighted by molar-refractivity contribution is 9.11. The fraction of sp³-hybridized carbons (Fsp3) is 0.333. The molecular formula is C9H10Br2N4. The molecule has 6 heteroatoms. The number of halogens is 2. The van der Waals surface area contributed by atoms with Gasteiger partial charge in [-0.1, -0.05) is 0 Å². The van der Waals surface area contributed by atoms with Crippen LogP contribution in [0.4, 0.5) is 0 Å². The van der Waals surface area contributed by atoms with Crippen molar-refractivity contribution >= 4 is 31.9 Å². The molecule has 0 saturated carbocycles. The number of rotatable bonds is 3. The molecule has 2 aromatic heterocycles. The summed E-state index contributed by atoms with van der Waals surface area (Å²) in [5.41, 5.74) is 0. The molecule has 0 amide bonds. The molecule has 0 radical (unpaired) electrons. The molecule has 0 spiro atoms. The van der Waals surface area contributed by atoms with Crippen LogP contribution in [0.5, 0.6) is 0 Å². The van der Waals surface area contributed by atoms with Crippen LogP contribution in [0.15, 0.2) is 27.7 Å². The predicted molar refractivity (Wildman–Crippen MR) is 64.5 cm³/mol. The zero-order valence-electron chi connectivity index (χ0n) is 8.19. The Morgan fingerprint density at radius 1 is 1.40 bits per heavy atom. The van der Waals surface area contributed by atoms with E-state index < -0.39 is 0 Å². The first-order valence-electron chi connectivity index (χ1n) is 4.52. The maximum Gasteiger partial charge on any atom is 0.129 e. The van der Waals surface area contributed by atoms with Crippen LogP contribution in [0, 0.1) is 0 Å². The molecular weight excluding hydrogens is 324 g/mol. The number of aromatic nitrogens is 4. The highest BCUT2D eigenvalue weighted by Gasteiger charge is 2.05. The van der Waals surface area contributed by atoms with Gasteiger partial charge in [-0.2, -0.15) is 5.10 Å². The van der Waals surface area contributed by atoms with Crippen LogP contribution in [0.3, 0.4) is 0 Å². The smallest absolute Gasteiger partial charge is 0.129 e. The first-order valence-corrected chi connectivity index (χ1v) is 6.10. The van der Waals surface area contributed by atoms with Crippen molar-refractivity contribution in [1.29, 1.82) is 0 Å². The van der Waals surface area contributed by atoms with Gasteiger partial charge in [-0.25, -0.2) is 4.98 Å². The summed E-state index contributed by atoms with van der Waals surface area (Å²) < 4.78 is 5.74. The molecule has 2 aromatic rings. The van der Waals surface area contributed by atoms with E-state index in [1.54, 1.807) is 0 Å². The molecule has 15 heavy (non-hydrogen) atoms. The second kappa shape index (κ2) is 4.49. The third kappa shape index (κ3) is 2.49. The maximum atomic E-state index is 4.29. The van der Waals surface area contributed by atoms with E-state index in [9.17, 15) is 0 Å². The fourth-order valence-electron chi connectivity index (χ4n) is 1.36. The largest absolute Gasteiger partial charge is 0.338 e. The van der Waals surface area contributed by atoms with E-state index in [1.807, 2.05) is 34.8 Å². The van der Waals surface area contributed by atoms with Gasteiger partial charge >= 0.3 is 0 Å². The Morgan fingerprint density at radius 2 is 2.20 bits per heavy atom. The van der Waals surface area contributed by atoms with Gasteiger partial charge in [0.15, 0.2) is 0 Å². The zero-order valence-corrected chi connectivity index (χ0v) is 11.4. The van der Waals surface area contributed by atoms with Crippen LogP contribution in [0.1, 0.15) is 5.82 Å². The van der Waals surface area contributed by atoms with Crippen molar-refractivity contribution < 1.29 is 0 Å². The Kier molecular flexibility index (Phi) is 3.25. The van der Waals surface area contributed by atoms with Crippen molar-refractivity contribution in [2.45, 2.75) is 13.0 Å².